The van der Waals surface area contributed by atoms with Crippen molar-refractivity contribution in [3.05, 3.63) is 77.9 Å². The summed E-state index contributed by atoms with van der Waals surface area (Å²) in [6.45, 7) is 0. The van der Waals surface area contributed by atoms with Gasteiger partial charge in [0.15, 0.2) is 0 Å². The molecule has 0 saturated heterocycles. The van der Waals surface area contributed by atoms with Crippen LogP contribution in [-0.4, -0.2) is 15.1 Å². The summed E-state index contributed by atoms with van der Waals surface area (Å²) in [5, 5.41) is 10.4. The van der Waals surface area contributed by atoms with Crippen LogP contribution >= 0.6 is 22.6 Å². The van der Waals surface area contributed by atoms with Crippen molar-refractivity contribution in [1.29, 1.82) is 0 Å². The molecule has 0 aliphatic rings. The molecule has 0 fully saturated rings. The molecule has 0 aliphatic heterocycles. The molecule has 3 N–H and O–H groups in total. The molecule has 0 bridgehead atoms. The predicted octanol–water partition coefficient (Wildman–Crippen LogP) is 1.90. The quantitative estimate of drug-likeness (QED) is 0.459. The second-order valence-electron chi connectivity index (χ2n) is 4.67. The molecule has 0 saturated carbocycles. The van der Waals surface area contributed by atoms with Crippen LogP contribution in [0.4, 0.5) is 0 Å². The highest BCUT2D eigenvalue weighted by Crippen LogP contribution is 2.24. The lowest BCUT2D eigenvalue weighted by molar-refractivity contribution is 0.220. The van der Waals surface area contributed by atoms with Gasteiger partial charge in [0, 0.05) is 3.57 Å². The van der Waals surface area contributed by atoms with Gasteiger partial charge in [-0.1, -0.05) is 18.2 Å². The van der Waals surface area contributed by atoms with Crippen molar-refractivity contribution in [3.63, 3.8) is 0 Å². The summed E-state index contributed by atoms with van der Waals surface area (Å²) in [5.41, 5.74) is 1.03. The summed E-state index contributed by atoms with van der Waals surface area (Å²) >= 11 is 2.20. The molecule has 2 aromatic carbocycles. The van der Waals surface area contributed by atoms with E-state index in [1.54, 1.807) is 18.2 Å². The number of aliphatic hydroxyl groups excluding tert-OH is 1. The lowest BCUT2D eigenvalue weighted by atomic mass is 10.0. The van der Waals surface area contributed by atoms with Crippen molar-refractivity contribution in [3.8, 4) is 0 Å². The lowest BCUT2D eigenvalue weighted by Gasteiger charge is -2.12. The van der Waals surface area contributed by atoms with Crippen LogP contribution in [-0.2, 0) is 0 Å². The third-order valence-corrected chi connectivity index (χ3v) is 3.97. The minimum absolute atomic E-state index is 0.488. The monoisotopic (exact) mass is 394 g/mol. The third-order valence-electron chi connectivity index (χ3n) is 3.25. The second-order valence-corrected chi connectivity index (χ2v) is 5.91. The van der Waals surface area contributed by atoms with Gasteiger partial charge in [-0.3, -0.25) is 9.59 Å². The van der Waals surface area contributed by atoms with Crippen LogP contribution in [0, 0.1) is 3.57 Å². The van der Waals surface area contributed by atoms with E-state index in [-0.39, 0.29) is 0 Å². The number of fused-ring (bicyclic) bond motifs is 1. The zero-order valence-corrected chi connectivity index (χ0v) is 12.9. The van der Waals surface area contributed by atoms with E-state index in [2.05, 4.69) is 32.6 Å². The van der Waals surface area contributed by atoms with Crippen LogP contribution in [0.2, 0.25) is 0 Å². The fraction of sp³-hybridized carbons (Fsp3) is 0.0667. The number of aliphatic hydroxyl groups is 1. The average molecular weight is 394 g/mol. The maximum absolute atomic E-state index is 11.4. The fourth-order valence-corrected chi connectivity index (χ4v) is 2.50. The van der Waals surface area contributed by atoms with E-state index >= 15 is 0 Å². The van der Waals surface area contributed by atoms with Gasteiger partial charge in [0.05, 0.1) is 11.0 Å². The Labute approximate surface area is 132 Å². The number of halogens is 1. The third kappa shape index (κ3) is 2.77. The van der Waals surface area contributed by atoms with Gasteiger partial charge in [-0.2, -0.15) is 0 Å². The number of hydrogen-bond donors (Lipinski definition) is 3. The maximum Gasteiger partial charge on any atom is 0.314 e. The van der Waals surface area contributed by atoms with Crippen LogP contribution in [0.15, 0.2) is 52.1 Å². The summed E-state index contributed by atoms with van der Waals surface area (Å²) in [6.07, 6.45) is -0.790. The van der Waals surface area contributed by atoms with E-state index in [1.165, 1.54) is 0 Å². The van der Waals surface area contributed by atoms with Crippen LogP contribution in [0.1, 0.15) is 17.2 Å². The summed E-state index contributed by atoms with van der Waals surface area (Å²) in [4.78, 5) is 27.6. The summed E-state index contributed by atoms with van der Waals surface area (Å²) in [7, 11) is 0. The van der Waals surface area contributed by atoms with Gasteiger partial charge in [-0.05, 0) is 58.0 Å². The number of aromatic nitrogens is 2. The summed E-state index contributed by atoms with van der Waals surface area (Å²) in [6, 6.07) is 12.6. The van der Waals surface area contributed by atoms with Crippen LogP contribution in [0.25, 0.3) is 11.0 Å². The van der Waals surface area contributed by atoms with Gasteiger partial charge in [0.25, 0.3) is 0 Å². The molecule has 6 heteroatoms. The molecule has 1 atom stereocenters. The molecule has 1 heterocycles. The van der Waals surface area contributed by atoms with Crippen LogP contribution in [0.3, 0.4) is 0 Å². The first kappa shape index (κ1) is 14.0. The normalized spacial score (nSPS) is 12.5. The number of rotatable bonds is 2. The number of benzene rings is 2. The second kappa shape index (κ2) is 5.45. The zero-order chi connectivity index (χ0) is 15.0. The highest BCUT2D eigenvalue weighted by molar-refractivity contribution is 14.1. The van der Waals surface area contributed by atoms with Crippen molar-refractivity contribution < 1.29 is 5.11 Å². The van der Waals surface area contributed by atoms with Crippen molar-refractivity contribution in [2.45, 2.75) is 6.10 Å². The molecule has 0 spiro atoms. The highest BCUT2D eigenvalue weighted by atomic mass is 127. The first-order valence-corrected chi connectivity index (χ1v) is 7.32. The fourth-order valence-electron chi connectivity index (χ4n) is 2.14. The Hall–Kier alpha value is -1.93. The summed E-state index contributed by atoms with van der Waals surface area (Å²) in [5.74, 6) is 0. The highest BCUT2D eigenvalue weighted by Gasteiger charge is 2.11. The van der Waals surface area contributed by atoms with Crippen molar-refractivity contribution in [1.82, 2.24) is 9.97 Å². The number of hydrogen-bond acceptors (Lipinski definition) is 3. The topological polar surface area (TPSA) is 85.9 Å². The SMILES string of the molecule is O=c1[nH]c2ccc(C(O)c3ccc(I)cc3)cc2[nH]c1=O. The van der Waals surface area contributed by atoms with Gasteiger partial charge >= 0.3 is 11.1 Å². The van der Waals surface area contributed by atoms with Gasteiger partial charge < -0.3 is 15.1 Å². The smallest absolute Gasteiger partial charge is 0.314 e. The molecule has 21 heavy (non-hydrogen) atoms. The summed E-state index contributed by atoms with van der Waals surface area (Å²) < 4.78 is 1.09. The van der Waals surface area contributed by atoms with Crippen LogP contribution < -0.4 is 11.1 Å². The van der Waals surface area contributed by atoms with Crippen LogP contribution in [0.5, 0.6) is 0 Å². The largest absolute Gasteiger partial charge is 0.384 e. The van der Waals surface area contributed by atoms with Crippen molar-refractivity contribution in [2.24, 2.45) is 0 Å². The zero-order valence-electron chi connectivity index (χ0n) is 10.8. The lowest BCUT2D eigenvalue weighted by Crippen LogP contribution is -2.28. The number of aromatic amines is 2. The molecule has 3 aromatic rings. The molecule has 0 amide bonds. The molecule has 0 radical (unpaired) electrons. The van der Waals surface area contributed by atoms with E-state index in [0.717, 1.165) is 9.13 Å². The van der Waals surface area contributed by atoms with Gasteiger partial charge in [0.1, 0.15) is 6.10 Å². The average Bonchev–Trinajstić information content (AvgIpc) is 2.48. The first-order valence-electron chi connectivity index (χ1n) is 6.24. The molecule has 1 unspecified atom stereocenters. The molecule has 1 aromatic heterocycles. The van der Waals surface area contributed by atoms with E-state index in [4.69, 9.17) is 0 Å². The number of nitrogens with one attached hydrogen (secondary N) is 2. The Morgan fingerprint density at radius 1 is 0.857 bits per heavy atom. The predicted molar refractivity (Wildman–Crippen MR) is 88.4 cm³/mol. The Kier molecular flexibility index (Phi) is 3.64. The van der Waals surface area contributed by atoms with E-state index in [1.807, 2.05) is 24.3 Å². The molecular formula is C15H11IN2O3. The molecule has 0 aliphatic carbocycles. The van der Waals surface area contributed by atoms with E-state index in [0.29, 0.717) is 16.6 Å². The molecular weight excluding hydrogens is 383 g/mol. The van der Waals surface area contributed by atoms with Crippen molar-refractivity contribution in [2.75, 3.05) is 0 Å². The Balaban J connectivity index is 2.08. The Morgan fingerprint density at radius 2 is 1.43 bits per heavy atom. The molecule has 106 valence electrons. The van der Waals surface area contributed by atoms with Gasteiger partial charge in [0.2, 0.25) is 0 Å². The Morgan fingerprint density at radius 3 is 2.10 bits per heavy atom. The Bertz CT molecular complexity index is 913. The van der Waals surface area contributed by atoms with Gasteiger partial charge in [-0.15, -0.1) is 0 Å². The standard InChI is InChI=1S/C15H11IN2O3/c16-10-4-1-8(2-5-10)13(19)9-3-6-11-12(7-9)18-15(21)14(20)17-11/h1-7,13,19H,(H,17,20)(H,18,21). The van der Waals surface area contributed by atoms with Gasteiger partial charge in [-0.25, -0.2) is 0 Å². The maximum atomic E-state index is 11.4. The van der Waals surface area contributed by atoms with E-state index in [9.17, 15) is 14.7 Å². The number of H-pyrrole nitrogens is 2. The first-order chi connectivity index (χ1) is 10.0. The molecule has 5 nitrogen and oxygen atoms in total. The minimum Gasteiger partial charge on any atom is -0.384 e. The minimum atomic E-state index is -0.790. The van der Waals surface area contributed by atoms with E-state index < -0.39 is 17.2 Å². The molecule has 3 rings (SSSR count). The van der Waals surface area contributed by atoms with Crippen molar-refractivity contribution >= 4 is 33.6 Å².